The van der Waals surface area contributed by atoms with Gasteiger partial charge in [0, 0.05) is 155 Å². The maximum atomic E-state index is 13.1. The molecule has 15 N–H and O–H groups in total. The van der Waals surface area contributed by atoms with E-state index < -0.39 is 29.4 Å². The smallest absolute Gasteiger partial charge is 0.359 e. The number of carbonyl (C=O) groups is 8. The zero-order valence-electron chi connectivity index (χ0n) is 86.6. The maximum absolute atomic E-state index is 13.1. The van der Waals surface area contributed by atoms with Crippen molar-refractivity contribution in [2.24, 2.45) is 17.4 Å². The van der Waals surface area contributed by atoms with E-state index in [2.05, 4.69) is 68.6 Å². The number of Topliss-reactive ketones (excluding diaryl/α,β-unsaturated/α-hetero) is 3. The standard InChI is InChI=1S/C34H52N6O9S.C28H38N6O7.C26H28N6O8.2C6H15NO2/c1-4-45-15-17-47-13-12-36-32(42)27(24-50-21-20-48-18-16-46-5-2)22-28(41)11-10-25-6-8-26(9-7-25)23-40-31-29(37-34(40)43)30(35)38-33(39-31)49-19-14-44-3;1-4-39-14-15-40-12-11-30-26(36)19(2)17-22(35)10-9-20-5-7-21(8-6-20)18-34-25-23(31-28(34)37)24(29)32-27(33-25)41-16-13-38-3;1-15(24(36)40-32-19(34)9-10-20(32)35)13-18(33)8-7-16-3-5-17(6-4-16)14-31-23-21(28-26(31)37)22(27)29-25(30-23)39-12-11-38-2;2*1-2-8-5-6-9-4-3-7/h6-9,27H,4-5,10-24H2,1-3H3,(H,36,42)(H,37,43)(H2,35,38,39);5-8H,2,4,9-18H2,1,3H3,(H,30,36)(H,31,37)(H2,29,32,33);3-6H,1,7-14H2,2H3,(H,28,37)(H2,27,29,30);2*2-7H2,1H3. The van der Waals surface area contributed by atoms with Crippen LogP contribution in [0, 0.1) is 5.92 Å². The number of hydrogen-bond donors (Lipinski definition) is 10. The van der Waals surface area contributed by atoms with Crippen molar-refractivity contribution in [1.29, 1.82) is 0 Å². The Labute approximate surface area is 868 Å². The fraction of sp³-hybridized carbons (Fsp3) is 0.550. The van der Waals surface area contributed by atoms with Crippen LogP contribution in [0.25, 0.3) is 33.5 Å². The van der Waals surface area contributed by atoms with Crippen molar-refractivity contribution in [3.8, 4) is 18.0 Å². The van der Waals surface area contributed by atoms with Crippen LogP contribution in [0.15, 0.2) is 111 Å². The number of nitrogens with two attached hydrogens (primary N) is 5. The number of benzene rings is 3. The topological polar surface area (TPSA) is 642 Å². The predicted octanol–water partition coefficient (Wildman–Crippen LogP) is 4.46. The number of nitrogen functional groups attached to an aromatic ring is 3. The van der Waals surface area contributed by atoms with Crippen molar-refractivity contribution in [2.45, 2.75) is 125 Å². The van der Waals surface area contributed by atoms with Crippen LogP contribution in [0.3, 0.4) is 0 Å². The van der Waals surface area contributed by atoms with Gasteiger partial charge in [-0.3, -0.25) is 47.3 Å². The maximum Gasteiger partial charge on any atom is 0.359 e. The molecule has 1 saturated heterocycles. The second-order valence-corrected chi connectivity index (χ2v) is 33.7. The summed E-state index contributed by atoms with van der Waals surface area (Å²) in [5.74, 6) is -1.96. The molecule has 10 rings (SSSR count). The third-order valence-corrected chi connectivity index (χ3v) is 22.3. The van der Waals surface area contributed by atoms with Crippen LogP contribution < -0.4 is 70.6 Å². The molecule has 1 aliphatic rings. The zero-order chi connectivity index (χ0) is 108. The first kappa shape index (κ1) is 125. The van der Waals surface area contributed by atoms with E-state index in [1.807, 2.05) is 107 Å². The second-order valence-electron chi connectivity index (χ2n) is 32.6. The summed E-state index contributed by atoms with van der Waals surface area (Å²) in [4.78, 5) is 174. The molecule has 48 nitrogen and oxygen atoms in total. The van der Waals surface area contributed by atoms with Crippen LogP contribution in [0.4, 0.5) is 17.5 Å². The number of fused-ring (bicyclic) bond motifs is 3. The number of ketones is 3. The summed E-state index contributed by atoms with van der Waals surface area (Å²) in [5, 5.41) is 6.03. The molecule has 0 saturated carbocycles. The Morgan fingerprint density at radius 3 is 1.05 bits per heavy atom. The molecule has 4 amide bonds. The van der Waals surface area contributed by atoms with Gasteiger partial charge >= 0.3 is 41.1 Å². The molecular weight excluding hydrogens is 1960 g/mol. The lowest BCUT2D eigenvalue weighted by atomic mass is 9.98. The number of aromatic amines is 3. The number of anilines is 3. The molecule has 0 spiro atoms. The second kappa shape index (κ2) is 73.4. The fourth-order valence-electron chi connectivity index (χ4n) is 13.5. The largest absolute Gasteiger partial charge is 0.461 e. The molecule has 49 heteroatoms. The first-order valence-electron chi connectivity index (χ1n) is 49.3. The Morgan fingerprint density at radius 1 is 0.396 bits per heavy atom. The van der Waals surface area contributed by atoms with Gasteiger partial charge in [0.25, 0.3) is 11.8 Å². The molecule has 0 bridgehead atoms. The number of nitrogens with zero attached hydrogens (tertiary/aromatic N) is 10. The first-order valence-corrected chi connectivity index (χ1v) is 50.5. The Morgan fingerprint density at radius 2 is 0.711 bits per heavy atom. The molecule has 149 heavy (non-hydrogen) atoms. The van der Waals surface area contributed by atoms with Crippen molar-refractivity contribution in [3.05, 3.63) is 162 Å². The van der Waals surface area contributed by atoms with E-state index in [1.54, 1.807) is 26.0 Å². The van der Waals surface area contributed by atoms with E-state index in [0.29, 0.717) is 241 Å². The summed E-state index contributed by atoms with van der Waals surface area (Å²) in [6.07, 6.45) is 1.99. The highest BCUT2D eigenvalue weighted by Gasteiger charge is 2.34. The molecule has 0 aliphatic carbocycles. The quantitative estimate of drug-likeness (QED) is 0.0143. The number of hydrogen-bond acceptors (Lipinski definition) is 40. The molecule has 1 atom stereocenters. The average molecular weight is 2110 g/mol. The van der Waals surface area contributed by atoms with Crippen molar-refractivity contribution < 1.29 is 119 Å². The predicted molar refractivity (Wildman–Crippen MR) is 557 cm³/mol. The number of thioether (sulfide) groups is 1. The number of nitrogens with one attached hydrogen (secondary N) is 5. The van der Waals surface area contributed by atoms with Crippen LogP contribution in [-0.4, -0.2) is 341 Å². The van der Waals surface area contributed by atoms with Gasteiger partial charge in [-0.05, 0) is 87.3 Å². The minimum absolute atomic E-state index is 0.0131. The summed E-state index contributed by atoms with van der Waals surface area (Å²) < 4.78 is 87.9. The van der Waals surface area contributed by atoms with Gasteiger partial charge in [-0.25, -0.2) is 19.2 Å². The summed E-state index contributed by atoms with van der Waals surface area (Å²) in [6, 6.07) is 22.7. The molecule has 6 aromatic heterocycles. The highest BCUT2D eigenvalue weighted by molar-refractivity contribution is 7.99. The summed E-state index contributed by atoms with van der Waals surface area (Å²) in [7, 11) is 4.65. The number of imide groups is 1. The molecule has 822 valence electrons. The van der Waals surface area contributed by atoms with Gasteiger partial charge in [-0.2, -0.15) is 41.7 Å². The molecule has 1 aliphatic heterocycles. The molecule has 9 aromatic rings. The average Bonchev–Trinajstić information content (AvgIpc) is 1.64. The Balaban J connectivity index is 0.000000315. The minimum Gasteiger partial charge on any atom is -0.461 e. The van der Waals surface area contributed by atoms with Crippen LogP contribution in [-0.2, 0) is 144 Å². The number of aromatic nitrogens is 12. The Bertz CT molecular complexity index is 5680. The number of carbonyl (C=O) groups excluding carboxylic acids is 8. The van der Waals surface area contributed by atoms with Crippen molar-refractivity contribution in [3.63, 3.8) is 0 Å². The lowest BCUT2D eigenvalue weighted by Crippen LogP contribution is -2.35. The Hall–Kier alpha value is -12.7. The number of aryl methyl sites for hydroxylation is 3. The van der Waals surface area contributed by atoms with Crippen LogP contribution in [0.5, 0.6) is 18.0 Å². The normalized spacial score (nSPS) is 11.8. The first-order chi connectivity index (χ1) is 72.2. The van der Waals surface area contributed by atoms with Gasteiger partial charge in [0.2, 0.25) is 11.8 Å². The zero-order valence-corrected chi connectivity index (χ0v) is 87.5. The summed E-state index contributed by atoms with van der Waals surface area (Å²) >= 11 is 1.59. The summed E-state index contributed by atoms with van der Waals surface area (Å²) in [6.45, 7) is 33.0. The third kappa shape index (κ3) is 47.8. The van der Waals surface area contributed by atoms with E-state index >= 15 is 0 Å². The highest BCUT2D eigenvalue weighted by atomic mass is 32.2. The van der Waals surface area contributed by atoms with E-state index in [9.17, 15) is 52.7 Å². The number of methoxy groups -OCH3 is 3. The van der Waals surface area contributed by atoms with Gasteiger partial charge < -0.3 is 135 Å². The molecule has 7 heterocycles. The highest BCUT2D eigenvalue weighted by Crippen LogP contribution is 2.25. The number of rotatable bonds is 72. The number of H-pyrrole nitrogens is 3. The number of hydroxylamine groups is 2. The number of imidazole rings is 3. The molecule has 1 unspecified atom stereocenters. The van der Waals surface area contributed by atoms with Gasteiger partial charge in [0.05, 0.1) is 144 Å². The van der Waals surface area contributed by atoms with Crippen LogP contribution in [0.2, 0.25) is 0 Å². The van der Waals surface area contributed by atoms with Crippen molar-refractivity contribution in [1.82, 2.24) is 74.3 Å². The van der Waals surface area contributed by atoms with Gasteiger partial charge in [-0.15, -0.1) is 5.06 Å². The minimum atomic E-state index is -0.991. The Kier molecular flexibility index (Phi) is 61.6. The van der Waals surface area contributed by atoms with Crippen molar-refractivity contribution >= 4 is 110 Å². The van der Waals surface area contributed by atoms with E-state index in [-0.39, 0.29) is 172 Å². The molecular formula is C100H148N20O28S. The lowest BCUT2D eigenvalue weighted by Gasteiger charge is -2.16. The van der Waals surface area contributed by atoms with Crippen LogP contribution in [0.1, 0.15) is 119 Å². The SMILES string of the molecule is C=C(CC(=O)CCc1ccc(Cn2c(=O)[nH]c3c(N)nc(OCCOC)nc32)cc1)C(=O)NCCOCCOCC.C=C(CC(=O)CCc1ccc(Cn2c(=O)[nH]c3c(N)nc(OCCOC)nc32)cc1)C(=O)ON1C(=O)CCC1=O.CCOCCOCCN.CCOCCOCCN.CCOCCOCCNC(=O)C(CSCCOCCOCC)CC(=O)CCc1ccc(Cn2c(=O)[nH]c3c(N)nc(OCCOC)nc32)cc1. The monoisotopic (exact) mass is 2110 g/mol. The molecule has 1 fully saturated rings. The van der Waals surface area contributed by atoms with Crippen molar-refractivity contribution in [2.75, 3.05) is 248 Å². The lowest BCUT2D eigenvalue weighted by molar-refractivity contribution is -0.194. The van der Waals surface area contributed by atoms with Crippen LogP contribution >= 0.6 is 11.8 Å². The van der Waals surface area contributed by atoms with E-state index in [1.165, 1.54) is 20.8 Å². The molecule has 0 radical (unpaired) electrons. The third-order valence-electron chi connectivity index (χ3n) is 21.2. The summed E-state index contributed by atoms with van der Waals surface area (Å²) in [5.41, 5.74) is 34.6. The fourth-order valence-corrected chi connectivity index (χ4v) is 14.5. The van der Waals surface area contributed by atoms with Gasteiger partial charge in [0.1, 0.15) is 53.7 Å². The van der Waals surface area contributed by atoms with E-state index in [0.717, 1.165) is 46.6 Å². The van der Waals surface area contributed by atoms with Gasteiger partial charge in [-0.1, -0.05) is 86.0 Å². The number of ether oxygens (including phenoxy) is 16. The number of amides is 4. The van der Waals surface area contributed by atoms with E-state index in [4.69, 9.17) is 109 Å². The molecule has 3 aromatic carbocycles. The van der Waals surface area contributed by atoms with Gasteiger partial charge in [0.15, 0.2) is 34.4 Å².